The molecule has 3 N–H and O–H groups in total. The van der Waals surface area contributed by atoms with Crippen molar-refractivity contribution in [1.82, 2.24) is 4.98 Å². The Labute approximate surface area is 71.2 Å². The highest BCUT2D eigenvalue weighted by Gasteiger charge is 1.99. The lowest BCUT2D eigenvalue weighted by Gasteiger charge is -2.03. The van der Waals surface area contributed by atoms with Gasteiger partial charge in [-0.25, -0.2) is 4.85 Å². The fourth-order valence-electron chi connectivity index (χ4n) is 0.814. The topological polar surface area (TPSA) is 55.3 Å². The van der Waals surface area contributed by atoms with Crippen molar-refractivity contribution in [2.75, 3.05) is 18.4 Å². The summed E-state index contributed by atoms with van der Waals surface area (Å²) in [5.41, 5.74) is 5.83. The summed E-state index contributed by atoms with van der Waals surface area (Å²) in [6, 6.07) is 3.46. The molecule has 0 atom stereocenters. The fourth-order valence-corrected chi connectivity index (χ4v) is 0.814. The Morgan fingerprint density at radius 1 is 1.67 bits per heavy atom. The van der Waals surface area contributed by atoms with Gasteiger partial charge in [-0.15, -0.1) is 0 Å². The van der Waals surface area contributed by atoms with Crippen molar-refractivity contribution in [1.29, 1.82) is 0 Å². The van der Waals surface area contributed by atoms with Crippen LogP contribution in [0.2, 0.25) is 0 Å². The van der Waals surface area contributed by atoms with Crippen molar-refractivity contribution in [2.24, 2.45) is 5.73 Å². The standard InChI is InChI=1S/C8H10N4/c1-10-7-3-2-5-11-8(7)12-6-4-9/h2-3,5H,4,6,9H2,(H,11,12). The summed E-state index contributed by atoms with van der Waals surface area (Å²) in [7, 11) is 0. The van der Waals surface area contributed by atoms with Crippen LogP contribution in [0.1, 0.15) is 0 Å². The maximum atomic E-state index is 6.83. The summed E-state index contributed by atoms with van der Waals surface area (Å²) >= 11 is 0. The van der Waals surface area contributed by atoms with E-state index in [4.69, 9.17) is 12.3 Å². The number of aromatic nitrogens is 1. The predicted molar refractivity (Wildman–Crippen MR) is 48.0 cm³/mol. The van der Waals surface area contributed by atoms with Crippen LogP contribution in [-0.4, -0.2) is 18.1 Å². The SMILES string of the molecule is [C-]#[N+]c1cccnc1NCCN. The van der Waals surface area contributed by atoms with E-state index < -0.39 is 0 Å². The van der Waals surface area contributed by atoms with Crippen LogP contribution in [0.4, 0.5) is 11.5 Å². The van der Waals surface area contributed by atoms with Crippen LogP contribution in [0.25, 0.3) is 4.85 Å². The van der Waals surface area contributed by atoms with Crippen LogP contribution in [-0.2, 0) is 0 Å². The highest BCUT2D eigenvalue weighted by atomic mass is 15.0. The summed E-state index contributed by atoms with van der Waals surface area (Å²) < 4.78 is 0. The van der Waals surface area contributed by atoms with Crippen LogP contribution in [0, 0.1) is 6.57 Å². The molecular formula is C8H10N4. The zero-order chi connectivity index (χ0) is 8.81. The van der Waals surface area contributed by atoms with Gasteiger partial charge in [0.1, 0.15) is 5.82 Å². The number of rotatable bonds is 3. The first-order valence-electron chi connectivity index (χ1n) is 3.65. The number of nitrogens with one attached hydrogen (secondary N) is 1. The van der Waals surface area contributed by atoms with Crippen molar-refractivity contribution in [3.05, 3.63) is 29.7 Å². The molecule has 4 heteroatoms. The normalized spacial score (nSPS) is 9.00. The largest absolute Gasteiger partial charge is 0.377 e. The van der Waals surface area contributed by atoms with E-state index in [1.807, 2.05) is 0 Å². The van der Waals surface area contributed by atoms with Gasteiger partial charge >= 0.3 is 0 Å². The molecule has 0 saturated carbocycles. The van der Waals surface area contributed by atoms with Gasteiger partial charge in [0.05, 0.1) is 6.57 Å². The molecule has 0 spiro atoms. The van der Waals surface area contributed by atoms with Crippen LogP contribution < -0.4 is 11.1 Å². The summed E-state index contributed by atoms with van der Waals surface area (Å²) in [5.74, 6) is 0.609. The smallest absolute Gasteiger partial charge is 0.228 e. The average Bonchev–Trinajstić information content (AvgIpc) is 2.15. The Morgan fingerprint density at radius 3 is 3.17 bits per heavy atom. The van der Waals surface area contributed by atoms with Crippen LogP contribution in [0.3, 0.4) is 0 Å². The first-order valence-corrected chi connectivity index (χ1v) is 3.65. The van der Waals surface area contributed by atoms with E-state index in [-0.39, 0.29) is 0 Å². The van der Waals surface area contributed by atoms with Crippen molar-refractivity contribution in [3.63, 3.8) is 0 Å². The van der Waals surface area contributed by atoms with Crippen LogP contribution >= 0.6 is 0 Å². The van der Waals surface area contributed by atoms with Crippen molar-refractivity contribution in [2.45, 2.75) is 0 Å². The first-order chi connectivity index (χ1) is 5.88. The maximum Gasteiger partial charge on any atom is 0.228 e. The second kappa shape index (κ2) is 4.31. The van der Waals surface area contributed by atoms with E-state index in [0.29, 0.717) is 24.6 Å². The zero-order valence-corrected chi connectivity index (χ0v) is 6.62. The molecular weight excluding hydrogens is 152 g/mol. The Kier molecular flexibility index (Phi) is 3.05. The van der Waals surface area contributed by atoms with E-state index in [0.717, 1.165) is 0 Å². The van der Waals surface area contributed by atoms with E-state index in [1.165, 1.54) is 0 Å². The first kappa shape index (κ1) is 8.50. The Hall–Kier alpha value is -1.60. The molecule has 1 rings (SSSR count). The van der Waals surface area contributed by atoms with Gasteiger partial charge in [0.15, 0.2) is 0 Å². The van der Waals surface area contributed by atoms with Gasteiger partial charge in [-0.05, 0) is 0 Å². The third-order valence-corrected chi connectivity index (χ3v) is 1.34. The molecule has 0 fully saturated rings. The van der Waals surface area contributed by atoms with E-state index in [2.05, 4.69) is 15.1 Å². The predicted octanol–water partition coefficient (Wildman–Crippen LogP) is 1.00. The number of nitrogens with two attached hydrogens (primary N) is 1. The molecule has 4 nitrogen and oxygen atoms in total. The van der Waals surface area contributed by atoms with E-state index >= 15 is 0 Å². The lowest BCUT2D eigenvalue weighted by molar-refractivity contribution is 1.01. The molecule has 0 unspecified atom stereocenters. The molecule has 0 saturated heterocycles. The number of pyridine rings is 1. The van der Waals surface area contributed by atoms with Crippen molar-refractivity contribution >= 4 is 11.5 Å². The molecule has 12 heavy (non-hydrogen) atoms. The third kappa shape index (κ3) is 1.94. The minimum Gasteiger partial charge on any atom is -0.377 e. The highest BCUT2D eigenvalue weighted by Crippen LogP contribution is 2.20. The molecule has 1 aromatic rings. The molecule has 0 radical (unpaired) electrons. The van der Waals surface area contributed by atoms with Gasteiger partial charge in [0.25, 0.3) is 0 Å². The zero-order valence-electron chi connectivity index (χ0n) is 6.62. The molecule has 62 valence electrons. The molecule has 1 heterocycles. The van der Waals surface area contributed by atoms with Gasteiger partial charge in [0, 0.05) is 19.3 Å². The number of hydrogen-bond donors (Lipinski definition) is 2. The number of anilines is 1. The maximum absolute atomic E-state index is 6.83. The monoisotopic (exact) mass is 162 g/mol. The van der Waals surface area contributed by atoms with Gasteiger partial charge in [0.2, 0.25) is 5.69 Å². The van der Waals surface area contributed by atoms with Gasteiger partial charge in [-0.2, -0.15) is 0 Å². The second-order valence-electron chi connectivity index (χ2n) is 2.20. The van der Waals surface area contributed by atoms with Gasteiger partial charge in [-0.3, -0.25) is 4.98 Å². The minimum absolute atomic E-state index is 0.533. The van der Waals surface area contributed by atoms with Crippen molar-refractivity contribution < 1.29 is 0 Å². The molecule has 1 aromatic heterocycles. The van der Waals surface area contributed by atoms with E-state index in [9.17, 15) is 0 Å². The third-order valence-electron chi connectivity index (χ3n) is 1.34. The number of nitrogens with zero attached hydrogens (tertiary/aromatic N) is 2. The Balaban J connectivity index is 2.77. The van der Waals surface area contributed by atoms with Crippen molar-refractivity contribution in [3.8, 4) is 0 Å². The quantitative estimate of drug-likeness (QED) is 0.652. The molecule has 0 aliphatic rings. The molecule has 0 bridgehead atoms. The van der Waals surface area contributed by atoms with Crippen LogP contribution in [0.5, 0.6) is 0 Å². The molecule has 0 amide bonds. The lowest BCUT2D eigenvalue weighted by Crippen LogP contribution is -2.13. The van der Waals surface area contributed by atoms with Crippen LogP contribution in [0.15, 0.2) is 18.3 Å². The van der Waals surface area contributed by atoms with E-state index in [1.54, 1.807) is 18.3 Å². The Bertz CT molecular complexity index is 289. The summed E-state index contributed by atoms with van der Waals surface area (Å²) in [5, 5.41) is 2.96. The summed E-state index contributed by atoms with van der Waals surface area (Å²) in [4.78, 5) is 7.31. The Morgan fingerprint density at radius 2 is 2.50 bits per heavy atom. The van der Waals surface area contributed by atoms with Gasteiger partial charge in [-0.1, -0.05) is 12.1 Å². The summed E-state index contributed by atoms with van der Waals surface area (Å²) in [6.07, 6.45) is 1.65. The minimum atomic E-state index is 0.533. The lowest BCUT2D eigenvalue weighted by atomic mass is 10.4. The van der Waals surface area contributed by atoms with Gasteiger partial charge < -0.3 is 11.1 Å². The number of hydrogen-bond acceptors (Lipinski definition) is 3. The highest BCUT2D eigenvalue weighted by molar-refractivity contribution is 5.64. The second-order valence-corrected chi connectivity index (χ2v) is 2.20. The molecule has 0 aliphatic heterocycles. The average molecular weight is 162 g/mol. The molecule has 0 aromatic carbocycles. The fraction of sp³-hybridized carbons (Fsp3) is 0.250. The summed E-state index contributed by atoms with van der Waals surface area (Å²) in [6.45, 7) is 8.01. The molecule has 0 aliphatic carbocycles.